The molecule has 20 heavy (non-hydrogen) atoms. The van der Waals surface area contributed by atoms with Gasteiger partial charge in [0.2, 0.25) is 0 Å². The number of hydrogen-bond acceptors (Lipinski definition) is 4. The SMILES string of the molecule is CC(C)c1ccc(-c2nc(C3CCNCC3)no2)cc1. The van der Waals surface area contributed by atoms with E-state index in [1.165, 1.54) is 5.56 Å². The highest BCUT2D eigenvalue weighted by atomic mass is 16.5. The summed E-state index contributed by atoms with van der Waals surface area (Å²) < 4.78 is 5.42. The van der Waals surface area contributed by atoms with Crippen molar-refractivity contribution in [3.63, 3.8) is 0 Å². The molecule has 0 radical (unpaired) electrons. The molecule has 0 saturated carbocycles. The molecule has 2 heterocycles. The Morgan fingerprint density at radius 3 is 2.50 bits per heavy atom. The van der Waals surface area contributed by atoms with E-state index in [4.69, 9.17) is 4.52 Å². The number of hydrogen-bond donors (Lipinski definition) is 1. The number of benzene rings is 1. The second-order valence-electron chi connectivity index (χ2n) is 5.76. The van der Waals surface area contributed by atoms with Crippen LogP contribution in [0.1, 0.15) is 49.9 Å². The van der Waals surface area contributed by atoms with Crippen LogP contribution in [0.25, 0.3) is 11.5 Å². The van der Waals surface area contributed by atoms with Gasteiger partial charge in [0.05, 0.1) is 0 Å². The topological polar surface area (TPSA) is 51.0 Å². The molecule has 1 aliphatic rings. The van der Waals surface area contributed by atoms with E-state index in [0.717, 1.165) is 37.3 Å². The van der Waals surface area contributed by atoms with E-state index in [1.54, 1.807) is 0 Å². The van der Waals surface area contributed by atoms with Gasteiger partial charge in [-0.05, 0) is 49.5 Å². The van der Waals surface area contributed by atoms with Crippen molar-refractivity contribution in [1.82, 2.24) is 15.5 Å². The number of piperidine rings is 1. The minimum absolute atomic E-state index is 0.434. The van der Waals surface area contributed by atoms with Crippen molar-refractivity contribution in [2.24, 2.45) is 0 Å². The fraction of sp³-hybridized carbons (Fsp3) is 0.500. The van der Waals surface area contributed by atoms with Crippen LogP contribution in [0.4, 0.5) is 0 Å². The Hall–Kier alpha value is -1.68. The van der Waals surface area contributed by atoms with Gasteiger partial charge in [-0.2, -0.15) is 4.98 Å². The lowest BCUT2D eigenvalue weighted by Crippen LogP contribution is -2.27. The van der Waals surface area contributed by atoms with Crippen molar-refractivity contribution in [3.8, 4) is 11.5 Å². The first-order valence-electron chi connectivity index (χ1n) is 7.38. The minimum atomic E-state index is 0.434. The van der Waals surface area contributed by atoms with Crippen LogP contribution in [0, 0.1) is 0 Å². The standard InChI is InChI=1S/C16H21N3O/c1-11(2)12-3-5-14(6-4-12)16-18-15(19-20-16)13-7-9-17-10-8-13/h3-6,11,13,17H,7-10H2,1-2H3. The van der Waals surface area contributed by atoms with Crippen molar-refractivity contribution < 1.29 is 4.52 Å². The minimum Gasteiger partial charge on any atom is -0.334 e. The van der Waals surface area contributed by atoms with E-state index < -0.39 is 0 Å². The van der Waals surface area contributed by atoms with Gasteiger partial charge in [0, 0.05) is 11.5 Å². The molecule has 0 aliphatic carbocycles. The van der Waals surface area contributed by atoms with Crippen LogP contribution in [-0.4, -0.2) is 23.2 Å². The van der Waals surface area contributed by atoms with Gasteiger partial charge in [-0.25, -0.2) is 0 Å². The third kappa shape index (κ3) is 2.75. The molecular weight excluding hydrogens is 250 g/mol. The molecule has 1 N–H and O–H groups in total. The maximum atomic E-state index is 5.42. The van der Waals surface area contributed by atoms with Crippen LogP contribution in [0.5, 0.6) is 0 Å². The Morgan fingerprint density at radius 1 is 1.15 bits per heavy atom. The van der Waals surface area contributed by atoms with E-state index in [-0.39, 0.29) is 0 Å². The molecular formula is C16H21N3O. The van der Waals surface area contributed by atoms with Gasteiger partial charge in [0.15, 0.2) is 5.82 Å². The highest BCUT2D eigenvalue weighted by Gasteiger charge is 2.21. The predicted octanol–water partition coefficient (Wildman–Crippen LogP) is 3.33. The summed E-state index contributed by atoms with van der Waals surface area (Å²) in [6.07, 6.45) is 2.18. The normalized spacial score (nSPS) is 16.8. The molecule has 106 valence electrons. The Kier molecular flexibility index (Phi) is 3.83. The molecule has 3 rings (SSSR count). The Balaban J connectivity index is 1.78. The molecule has 2 aromatic rings. The zero-order valence-electron chi connectivity index (χ0n) is 12.1. The van der Waals surface area contributed by atoms with E-state index >= 15 is 0 Å². The molecule has 0 spiro atoms. The molecule has 4 heteroatoms. The summed E-state index contributed by atoms with van der Waals surface area (Å²) in [5, 5.41) is 7.51. The summed E-state index contributed by atoms with van der Waals surface area (Å²) in [6.45, 7) is 6.46. The summed E-state index contributed by atoms with van der Waals surface area (Å²) in [7, 11) is 0. The lowest BCUT2D eigenvalue weighted by atomic mass is 9.97. The largest absolute Gasteiger partial charge is 0.334 e. The first-order valence-corrected chi connectivity index (χ1v) is 7.38. The Morgan fingerprint density at radius 2 is 1.85 bits per heavy atom. The summed E-state index contributed by atoms with van der Waals surface area (Å²) >= 11 is 0. The van der Waals surface area contributed by atoms with Crippen molar-refractivity contribution >= 4 is 0 Å². The molecule has 4 nitrogen and oxygen atoms in total. The van der Waals surface area contributed by atoms with E-state index in [2.05, 4.69) is 53.6 Å². The number of rotatable bonds is 3. The third-order valence-corrected chi connectivity index (χ3v) is 3.97. The zero-order valence-corrected chi connectivity index (χ0v) is 12.1. The Bertz CT molecular complexity index is 553. The quantitative estimate of drug-likeness (QED) is 0.930. The Labute approximate surface area is 119 Å². The van der Waals surface area contributed by atoms with E-state index in [0.29, 0.717) is 17.7 Å². The first-order chi connectivity index (χ1) is 9.74. The monoisotopic (exact) mass is 271 g/mol. The second kappa shape index (κ2) is 5.75. The number of nitrogens with one attached hydrogen (secondary N) is 1. The van der Waals surface area contributed by atoms with Crippen LogP contribution in [0.2, 0.25) is 0 Å². The molecule has 1 aromatic carbocycles. The summed E-state index contributed by atoms with van der Waals surface area (Å²) in [5.41, 5.74) is 2.33. The third-order valence-electron chi connectivity index (χ3n) is 3.97. The highest BCUT2D eigenvalue weighted by Crippen LogP contribution is 2.26. The average Bonchev–Trinajstić information content (AvgIpc) is 2.98. The molecule has 0 amide bonds. The summed E-state index contributed by atoms with van der Waals surface area (Å²) in [4.78, 5) is 4.57. The van der Waals surface area contributed by atoms with Crippen LogP contribution in [0.15, 0.2) is 28.8 Å². The van der Waals surface area contributed by atoms with E-state index in [9.17, 15) is 0 Å². The van der Waals surface area contributed by atoms with Gasteiger partial charge in [0.25, 0.3) is 5.89 Å². The maximum absolute atomic E-state index is 5.42. The summed E-state index contributed by atoms with van der Waals surface area (Å²) in [6, 6.07) is 8.40. The maximum Gasteiger partial charge on any atom is 0.257 e. The van der Waals surface area contributed by atoms with Crippen LogP contribution < -0.4 is 5.32 Å². The molecule has 1 aliphatic heterocycles. The van der Waals surface area contributed by atoms with Gasteiger partial charge in [0.1, 0.15) is 0 Å². The summed E-state index contributed by atoms with van der Waals surface area (Å²) in [5.74, 6) is 2.46. The van der Waals surface area contributed by atoms with Crippen molar-refractivity contribution in [3.05, 3.63) is 35.7 Å². The fourth-order valence-corrected chi connectivity index (χ4v) is 2.61. The lowest BCUT2D eigenvalue weighted by Gasteiger charge is -2.18. The van der Waals surface area contributed by atoms with Gasteiger partial charge in [-0.3, -0.25) is 0 Å². The first kappa shape index (κ1) is 13.3. The smallest absolute Gasteiger partial charge is 0.257 e. The van der Waals surface area contributed by atoms with Crippen LogP contribution in [-0.2, 0) is 0 Å². The number of aromatic nitrogens is 2. The molecule has 0 bridgehead atoms. The van der Waals surface area contributed by atoms with Crippen molar-refractivity contribution in [2.75, 3.05) is 13.1 Å². The second-order valence-corrected chi connectivity index (χ2v) is 5.76. The van der Waals surface area contributed by atoms with E-state index in [1.807, 2.05) is 0 Å². The zero-order chi connectivity index (χ0) is 13.9. The lowest BCUT2D eigenvalue weighted by molar-refractivity contribution is 0.392. The van der Waals surface area contributed by atoms with Crippen LogP contribution in [0.3, 0.4) is 0 Å². The fourth-order valence-electron chi connectivity index (χ4n) is 2.61. The van der Waals surface area contributed by atoms with Gasteiger partial charge >= 0.3 is 0 Å². The predicted molar refractivity (Wildman–Crippen MR) is 78.7 cm³/mol. The molecule has 1 aromatic heterocycles. The molecule has 0 atom stereocenters. The van der Waals surface area contributed by atoms with Crippen molar-refractivity contribution in [1.29, 1.82) is 0 Å². The highest BCUT2D eigenvalue weighted by molar-refractivity contribution is 5.53. The number of nitrogens with zero attached hydrogens (tertiary/aromatic N) is 2. The van der Waals surface area contributed by atoms with Crippen LogP contribution >= 0.6 is 0 Å². The molecule has 0 unspecified atom stereocenters. The van der Waals surface area contributed by atoms with Gasteiger partial charge in [-0.15, -0.1) is 0 Å². The van der Waals surface area contributed by atoms with Crippen molar-refractivity contribution in [2.45, 2.75) is 38.5 Å². The molecule has 1 fully saturated rings. The van der Waals surface area contributed by atoms with Gasteiger partial charge in [-0.1, -0.05) is 31.1 Å². The molecule has 1 saturated heterocycles. The van der Waals surface area contributed by atoms with Gasteiger partial charge < -0.3 is 9.84 Å². The average molecular weight is 271 g/mol.